The zero-order valence-corrected chi connectivity index (χ0v) is 15.4. The summed E-state index contributed by atoms with van der Waals surface area (Å²) >= 11 is 0. The van der Waals surface area contributed by atoms with Gasteiger partial charge in [-0.25, -0.2) is 8.42 Å². The van der Waals surface area contributed by atoms with Crippen LogP contribution in [0.25, 0.3) is 0 Å². The molecule has 2 rings (SSSR count). The van der Waals surface area contributed by atoms with Gasteiger partial charge in [-0.05, 0) is 30.5 Å². The molecule has 7 heteroatoms. The van der Waals surface area contributed by atoms with Crippen LogP contribution in [0, 0.1) is 5.92 Å². The monoisotopic (exact) mass is 354 g/mol. The van der Waals surface area contributed by atoms with Crippen LogP contribution in [0.1, 0.15) is 30.6 Å². The molecule has 1 aliphatic rings. The summed E-state index contributed by atoms with van der Waals surface area (Å²) < 4.78 is 30.6. The highest BCUT2D eigenvalue weighted by atomic mass is 32.2. The minimum Gasteiger partial charge on any atom is -0.383 e. The van der Waals surface area contributed by atoms with E-state index >= 15 is 0 Å². The average Bonchev–Trinajstić information content (AvgIpc) is 2.90. The molecule has 0 N–H and O–H groups in total. The van der Waals surface area contributed by atoms with E-state index < -0.39 is 10.0 Å². The van der Waals surface area contributed by atoms with Crippen LogP contribution >= 0.6 is 0 Å². The molecule has 1 aromatic rings. The quantitative estimate of drug-likeness (QED) is 0.751. The summed E-state index contributed by atoms with van der Waals surface area (Å²) in [6.45, 7) is 6.20. The van der Waals surface area contributed by atoms with Gasteiger partial charge in [0, 0.05) is 32.3 Å². The Kier molecular flexibility index (Phi) is 6.23. The van der Waals surface area contributed by atoms with Gasteiger partial charge in [0.1, 0.15) is 0 Å². The lowest BCUT2D eigenvalue weighted by atomic mass is 10.1. The lowest BCUT2D eigenvalue weighted by Gasteiger charge is -2.25. The van der Waals surface area contributed by atoms with E-state index in [1.54, 1.807) is 36.3 Å². The van der Waals surface area contributed by atoms with Crippen molar-refractivity contribution in [1.29, 1.82) is 0 Å². The topological polar surface area (TPSA) is 66.9 Å². The van der Waals surface area contributed by atoms with E-state index in [0.29, 0.717) is 49.8 Å². The van der Waals surface area contributed by atoms with Gasteiger partial charge in [0.2, 0.25) is 10.0 Å². The molecule has 1 amide bonds. The van der Waals surface area contributed by atoms with Gasteiger partial charge >= 0.3 is 0 Å². The molecule has 1 aliphatic heterocycles. The first-order chi connectivity index (χ1) is 11.3. The second kappa shape index (κ2) is 7.98. The number of sulfonamides is 1. The van der Waals surface area contributed by atoms with Gasteiger partial charge in [-0.2, -0.15) is 0 Å². The number of carbonyl (C=O) groups is 1. The number of amides is 1. The third-order valence-corrected chi connectivity index (χ3v) is 5.79. The second-order valence-electron chi connectivity index (χ2n) is 6.43. The van der Waals surface area contributed by atoms with Crippen molar-refractivity contribution >= 4 is 21.6 Å². The Labute approximate surface area is 144 Å². The van der Waals surface area contributed by atoms with Gasteiger partial charge in [0.05, 0.1) is 18.0 Å². The van der Waals surface area contributed by atoms with Crippen LogP contribution in [0.4, 0.5) is 5.69 Å². The van der Waals surface area contributed by atoms with Crippen molar-refractivity contribution in [3.8, 4) is 0 Å². The molecule has 134 valence electrons. The zero-order chi connectivity index (χ0) is 17.7. The number of hydrogen-bond acceptors (Lipinski definition) is 4. The molecule has 0 atom stereocenters. The van der Waals surface area contributed by atoms with Crippen LogP contribution in [-0.4, -0.2) is 58.3 Å². The third-order valence-electron chi connectivity index (χ3n) is 3.92. The van der Waals surface area contributed by atoms with E-state index in [-0.39, 0.29) is 11.7 Å². The number of methoxy groups -OCH3 is 1. The van der Waals surface area contributed by atoms with Crippen LogP contribution in [0.2, 0.25) is 0 Å². The summed E-state index contributed by atoms with van der Waals surface area (Å²) in [6.07, 6.45) is 0.619. The first-order valence-corrected chi connectivity index (χ1v) is 9.85. The van der Waals surface area contributed by atoms with Crippen LogP contribution in [0.15, 0.2) is 24.3 Å². The molecular weight excluding hydrogens is 328 g/mol. The Balaban J connectivity index is 2.23. The number of rotatable bonds is 7. The number of benzene rings is 1. The van der Waals surface area contributed by atoms with Gasteiger partial charge < -0.3 is 9.64 Å². The first-order valence-electron chi connectivity index (χ1n) is 8.24. The van der Waals surface area contributed by atoms with E-state index in [4.69, 9.17) is 4.74 Å². The van der Waals surface area contributed by atoms with Crippen molar-refractivity contribution in [3.63, 3.8) is 0 Å². The van der Waals surface area contributed by atoms with Crippen molar-refractivity contribution in [2.45, 2.75) is 20.3 Å². The Morgan fingerprint density at radius 2 is 2.12 bits per heavy atom. The second-order valence-corrected chi connectivity index (χ2v) is 8.44. The summed E-state index contributed by atoms with van der Waals surface area (Å²) in [6, 6.07) is 6.88. The number of nitrogens with zero attached hydrogens (tertiary/aromatic N) is 2. The van der Waals surface area contributed by atoms with Gasteiger partial charge in [0.15, 0.2) is 0 Å². The fraction of sp³-hybridized carbons (Fsp3) is 0.588. The molecule has 24 heavy (non-hydrogen) atoms. The summed E-state index contributed by atoms with van der Waals surface area (Å²) in [4.78, 5) is 14.6. The highest BCUT2D eigenvalue weighted by molar-refractivity contribution is 7.93. The highest BCUT2D eigenvalue weighted by Gasteiger charge is 2.29. The van der Waals surface area contributed by atoms with Gasteiger partial charge in [-0.15, -0.1) is 0 Å². The predicted octanol–water partition coefficient (Wildman–Crippen LogP) is 1.97. The molecule has 0 spiro atoms. The zero-order valence-electron chi connectivity index (χ0n) is 14.6. The van der Waals surface area contributed by atoms with Crippen molar-refractivity contribution in [3.05, 3.63) is 29.8 Å². The number of hydrogen-bond donors (Lipinski definition) is 0. The maximum atomic E-state index is 12.8. The van der Waals surface area contributed by atoms with E-state index in [0.717, 1.165) is 0 Å². The Morgan fingerprint density at radius 1 is 1.38 bits per heavy atom. The number of carbonyl (C=O) groups excluding carboxylic acids is 1. The minimum atomic E-state index is -3.25. The number of anilines is 1. The Morgan fingerprint density at radius 3 is 2.71 bits per heavy atom. The normalized spacial score (nSPS) is 16.6. The molecule has 0 unspecified atom stereocenters. The van der Waals surface area contributed by atoms with Gasteiger partial charge in [-0.1, -0.05) is 19.9 Å². The molecule has 0 bridgehead atoms. The Hall–Kier alpha value is -1.60. The smallest absolute Gasteiger partial charge is 0.254 e. The van der Waals surface area contributed by atoms with E-state index in [1.807, 2.05) is 0 Å². The number of ether oxygens (including phenoxy) is 1. The molecule has 1 fully saturated rings. The van der Waals surface area contributed by atoms with E-state index in [2.05, 4.69) is 13.8 Å². The lowest BCUT2D eigenvalue weighted by molar-refractivity contribution is 0.0672. The van der Waals surface area contributed by atoms with Crippen molar-refractivity contribution in [1.82, 2.24) is 4.90 Å². The van der Waals surface area contributed by atoms with Gasteiger partial charge in [-0.3, -0.25) is 9.10 Å². The summed E-state index contributed by atoms with van der Waals surface area (Å²) in [5, 5.41) is 0. The minimum absolute atomic E-state index is 0.0980. The standard InChI is InChI=1S/C17H26N2O4S/c1-14(2)13-18(9-10-23-3)17(20)15-6-4-7-16(12-15)19-8-5-11-24(19,21)22/h4,6-7,12,14H,5,8-11,13H2,1-3H3. The van der Waals surface area contributed by atoms with Crippen LogP contribution in [0.3, 0.4) is 0 Å². The summed E-state index contributed by atoms with van der Waals surface area (Å²) in [5.74, 6) is 0.408. The van der Waals surface area contributed by atoms with E-state index in [9.17, 15) is 13.2 Å². The molecule has 6 nitrogen and oxygen atoms in total. The highest BCUT2D eigenvalue weighted by Crippen LogP contribution is 2.25. The summed E-state index contributed by atoms with van der Waals surface area (Å²) in [5.41, 5.74) is 1.07. The maximum Gasteiger partial charge on any atom is 0.254 e. The van der Waals surface area contributed by atoms with Crippen LogP contribution < -0.4 is 4.31 Å². The third kappa shape index (κ3) is 4.48. The van der Waals surface area contributed by atoms with Crippen LogP contribution in [0.5, 0.6) is 0 Å². The first kappa shape index (κ1) is 18.7. The molecule has 0 radical (unpaired) electrons. The fourth-order valence-electron chi connectivity index (χ4n) is 2.82. The van der Waals surface area contributed by atoms with Gasteiger partial charge in [0.25, 0.3) is 5.91 Å². The maximum absolute atomic E-state index is 12.8. The molecular formula is C17H26N2O4S. The van der Waals surface area contributed by atoms with Crippen LogP contribution in [-0.2, 0) is 14.8 Å². The lowest BCUT2D eigenvalue weighted by Crippen LogP contribution is -2.36. The molecule has 0 aliphatic carbocycles. The Bertz CT molecular complexity index is 673. The van der Waals surface area contributed by atoms with Crippen molar-refractivity contribution < 1.29 is 17.9 Å². The molecule has 0 saturated carbocycles. The fourth-order valence-corrected chi connectivity index (χ4v) is 4.38. The molecule has 1 heterocycles. The van der Waals surface area contributed by atoms with E-state index in [1.165, 1.54) is 4.31 Å². The SMILES string of the molecule is COCCN(CC(C)C)C(=O)c1cccc(N2CCCS2(=O)=O)c1. The van der Waals surface area contributed by atoms with Crippen molar-refractivity contribution in [2.75, 3.05) is 43.4 Å². The molecule has 1 saturated heterocycles. The predicted molar refractivity (Wildman–Crippen MR) is 94.8 cm³/mol. The largest absolute Gasteiger partial charge is 0.383 e. The molecule has 0 aromatic heterocycles. The average molecular weight is 354 g/mol. The van der Waals surface area contributed by atoms with Crippen molar-refractivity contribution in [2.24, 2.45) is 5.92 Å². The molecule has 1 aromatic carbocycles. The summed E-state index contributed by atoms with van der Waals surface area (Å²) in [7, 11) is -1.64.